The number of carboxylic acid groups (broad SMARTS) is 1. The van der Waals surface area contributed by atoms with E-state index in [2.05, 4.69) is 9.47 Å². The van der Waals surface area contributed by atoms with Crippen LogP contribution in [0, 0.1) is 0 Å². The predicted octanol–water partition coefficient (Wildman–Crippen LogP) is 0.371. The Hall–Kier alpha value is -1.94. The van der Waals surface area contributed by atoms with Gasteiger partial charge in [0, 0.05) is 6.07 Å². The lowest BCUT2D eigenvalue weighted by atomic mass is 10.3. The first kappa shape index (κ1) is 13.5. The molecule has 0 bridgehead atoms. The summed E-state index contributed by atoms with van der Waals surface area (Å²) in [4.78, 5) is 9.87. The lowest BCUT2D eigenvalue weighted by Crippen LogP contribution is -2.29. The van der Waals surface area contributed by atoms with Crippen LogP contribution in [0.15, 0.2) is 23.1 Å². The molecular weight excluding hydrogens is 288 g/mol. The second-order valence-corrected chi connectivity index (χ2v) is 5.26. The van der Waals surface area contributed by atoms with Crippen LogP contribution in [0.1, 0.15) is 0 Å². The van der Waals surface area contributed by atoms with Crippen molar-refractivity contribution in [3.05, 3.63) is 18.2 Å². The maximum Gasteiger partial charge on any atom is 0.586 e. The summed E-state index contributed by atoms with van der Waals surface area (Å²) in [5, 5.41) is 8.38. The fourth-order valence-corrected chi connectivity index (χ4v) is 2.33. The molecule has 0 amide bonds. The highest BCUT2D eigenvalue weighted by molar-refractivity contribution is 7.89. The molecule has 10 heteroatoms. The fourth-order valence-electron chi connectivity index (χ4n) is 1.34. The first-order valence-corrected chi connectivity index (χ1v) is 6.29. The van der Waals surface area contributed by atoms with Gasteiger partial charge in [0.25, 0.3) is 0 Å². The number of aliphatic carboxylic acids is 1. The van der Waals surface area contributed by atoms with Gasteiger partial charge in [-0.1, -0.05) is 0 Å². The number of rotatable bonds is 4. The van der Waals surface area contributed by atoms with E-state index >= 15 is 0 Å². The van der Waals surface area contributed by atoms with Crippen LogP contribution in [0.2, 0.25) is 0 Å². The molecule has 0 unspecified atom stereocenters. The van der Waals surface area contributed by atoms with Crippen molar-refractivity contribution in [2.75, 3.05) is 6.54 Å². The van der Waals surface area contributed by atoms with Gasteiger partial charge in [-0.3, -0.25) is 4.79 Å². The Morgan fingerprint density at radius 2 is 1.95 bits per heavy atom. The number of ether oxygens (including phenoxy) is 2. The van der Waals surface area contributed by atoms with Crippen LogP contribution >= 0.6 is 0 Å². The van der Waals surface area contributed by atoms with Gasteiger partial charge in [-0.05, 0) is 12.1 Å². The van der Waals surface area contributed by atoms with Crippen molar-refractivity contribution in [2.24, 2.45) is 0 Å². The second-order valence-electron chi connectivity index (χ2n) is 3.49. The smallest absolute Gasteiger partial charge is 0.480 e. The van der Waals surface area contributed by atoms with Crippen LogP contribution in [0.5, 0.6) is 11.5 Å². The molecule has 1 aromatic carbocycles. The van der Waals surface area contributed by atoms with Gasteiger partial charge in [-0.2, -0.15) is 4.72 Å². The zero-order chi connectivity index (χ0) is 14.3. The van der Waals surface area contributed by atoms with Gasteiger partial charge >= 0.3 is 12.3 Å². The van der Waals surface area contributed by atoms with Crippen LogP contribution < -0.4 is 14.2 Å². The Morgan fingerprint density at radius 1 is 1.32 bits per heavy atom. The minimum absolute atomic E-state index is 0.304. The van der Waals surface area contributed by atoms with Crippen LogP contribution in [0.4, 0.5) is 8.78 Å². The minimum Gasteiger partial charge on any atom is -0.480 e. The summed E-state index contributed by atoms with van der Waals surface area (Å²) in [6.45, 7) is -0.826. The Labute approximate surface area is 105 Å². The molecule has 1 heterocycles. The van der Waals surface area contributed by atoms with Crippen LogP contribution in [-0.4, -0.2) is 32.3 Å². The number of carbonyl (C=O) groups is 1. The number of benzene rings is 1. The average Bonchev–Trinajstić information content (AvgIpc) is 2.59. The van der Waals surface area contributed by atoms with Gasteiger partial charge in [-0.25, -0.2) is 8.42 Å². The number of halogens is 2. The van der Waals surface area contributed by atoms with Gasteiger partial charge in [-0.15, -0.1) is 8.78 Å². The van der Waals surface area contributed by atoms with Crippen molar-refractivity contribution in [3.63, 3.8) is 0 Å². The van der Waals surface area contributed by atoms with Crippen molar-refractivity contribution >= 4 is 16.0 Å². The molecule has 0 saturated heterocycles. The maximum atomic E-state index is 12.7. The third kappa shape index (κ3) is 2.90. The largest absolute Gasteiger partial charge is 0.586 e. The molecule has 0 radical (unpaired) electrons. The van der Waals surface area contributed by atoms with Crippen molar-refractivity contribution < 1.29 is 36.6 Å². The highest BCUT2D eigenvalue weighted by Crippen LogP contribution is 2.41. The Kier molecular flexibility index (Phi) is 3.06. The van der Waals surface area contributed by atoms with Crippen LogP contribution in [-0.2, 0) is 14.8 Å². The number of fused-ring (bicyclic) bond motifs is 1. The van der Waals surface area contributed by atoms with Gasteiger partial charge in [0.15, 0.2) is 11.5 Å². The van der Waals surface area contributed by atoms with E-state index in [-0.39, 0.29) is 5.75 Å². The number of alkyl halides is 2. The number of hydrogen-bond donors (Lipinski definition) is 2. The normalized spacial score (nSPS) is 16.3. The number of sulfonamides is 1. The first-order chi connectivity index (χ1) is 8.70. The molecule has 0 saturated carbocycles. The van der Waals surface area contributed by atoms with Gasteiger partial charge in [0.2, 0.25) is 10.0 Å². The third-order valence-electron chi connectivity index (χ3n) is 2.10. The van der Waals surface area contributed by atoms with Gasteiger partial charge in [0.05, 0.1) is 4.90 Å². The van der Waals surface area contributed by atoms with E-state index in [1.54, 1.807) is 4.72 Å². The van der Waals surface area contributed by atoms with Gasteiger partial charge < -0.3 is 14.6 Å². The molecule has 1 aromatic rings. The fraction of sp³-hybridized carbons (Fsp3) is 0.222. The quantitative estimate of drug-likeness (QED) is 0.832. The lowest BCUT2D eigenvalue weighted by Gasteiger charge is -2.05. The summed E-state index contributed by atoms with van der Waals surface area (Å²) in [5.74, 6) is -2.12. The zero-order valence-electron chi connectivity index (χ0n) is 9.09. The molecule has 1 aliphatic heterocycles. The maximum absolute atomic E-state index is 12.7. The summed E-state index contributed by atoms with van der Waals surface area (Å²) in [5.41, 5.74) is 0. The zero-order valence-corrected chi connectivity index (χ0v) is 9.91. The molecule has 2 N–H and O–H groups in total. The third-order valence-corrected chi connectivity index (χ3v) is 3.50. The lowest BCUT2D eigenvalue weighted by molar-refractivity contribution is -0.286. The van der Waals surface area contributed by atoms with E-state index in [0.717, 1.165) is 18.2 Å². The van der Waals surface area contributed by atoms with E-state index in [9.17, 15) is 22.0 Å². The summed E-state index contributed by atoms with van der Waals surface area (Å²) in [6.07, 6.45) is -3.85. The molecular formula is C9H7F2NO6S. The molecule has 0 spiro atoms. The number of hydrogen-bond acceptors (Lipinski definition) is 5. The molecule has 7 nitrogen and oxygen atoms in total. The Morgan fingerprint density at radius 3 is 2.58 bits per heavy atom. The molecule has 19 heavy (non-hydrogen) atoms. The van der Waals surface area contributed by atoms with E-state index in [1.807, 2.05) is 0 Å². The van der Waals surface area contributed by atoms with Crippen molar-refractivity contribution in [3.8, 4) is 11.5 Å². The Balaban J connectivity index is 2.27. The highest BCUT2D eigenvalue weighted by Gasteiger charge is 2.43. The van der Waals surface area contributed by atoms with Gasteiger partial charge in [0.1, 0.15) is 6.54 Å². The van der Waals surface area contributed by atoms with Crippen molar-refractivity contribution in [1.29, 1.82) is 0 Å². The minimum atomic E-state index is -4.13. The monoisotopic (exact) mass is 295 g/mol. The summed E-state index contributed by atoms with van der Waals surface area (Å²) in [6, 6.07) is 2.81. The van der Waals surface area contributed by atoms with E-state index in [4.69, 9.17) is 5.11 Å². The van der Waals surface area contributed by atoms with Crippen molar-refractivity contribution in [1.82, 2.24) is 4.72 Å². The predicted molar refractivity (Wildman–Crippen MR) is 55.5 cm³/mol. The van der Waals surface area contributed by atoms with Crippen LogP contribution in [0.3, 0.4) is 0 Å². The Bertz CT molecular complexity index is 630. The van der Waals surface area contributed by atoms with E-state index in [1.165, 1.54) is 0 Å². The molecule has 1 aliphatic rings. The molecule has 2 rings (SSSR count). The molecule has 104 valence electrons. The van der Waals surface area contributed by atoms with E-state index < -0.39 is 39.5 Å². The number of nitrogens with one attached hydrogen (secondary N) is 1. The molecule has 0 atom stereocenters. The summed E-state index contributed by atoms with van der Waals surface area (Å²) < 4.78 is 58.7. The SMILES string of the molecule is O=C(O)CNS(=O)(=O)c1ccc2c(c1)OC(F)(F)O2. The standard InChI is InChI=1S/C9H7F2NO6S/c10-9(11)17-6-2-1-5(3-7(6)18-9)19(15,16)12-4-8(13)14/h1-3,12H,4H2,(H,13,14). The highest BCUT2D eigenvalue weighted by atomic mass is 32.2. The van der Waals surface area contributed by atoms with Crippen LogP contribution in [0.25, 0.3) is 0 Å². The molecule has 0 fully saturated rings. The average molecular weight is 295 g/mol. The summed E-state index contributed by atoms with van der Waals surface area (Å²) in [7, 11) is -4.13. The summed E-state index contributed by atoms with van der Waals surface area (Å²) >= 11 is 0. The van der Waals surface area contributed by atoms with E-state index in [0.29, 0.717) is 0 Å². The number of carboxylic acids is 1. The molecule has 0 aliphatic carbocycles. The van der Waals surface area contributed by atoms with Crippen molar-refractivity contribution in [2.45, 2.75) is 11.2 Å². The second kappa shape index (κ2) is 4.31. The topological polar surface area (TPSA) is 102 Å². The first-order valence-electron chi connectivity index (χ1n) is 4.81. The molecule has 0 aromatic heterocycles.